The summed E-state index contributed by atoms with van der Waals surface area (Å²) in [6, 6.07) is 2.73. The van der Waals surface area contributed by atoms with Crippen molar-refractivity contribution in [2.24, 2.45) is 0 Å². The van der Waals surface area contributed by atoms with E-state index in [4.69, 9.17) is 5.11 Å². The summed E-state index contributed by atoms with van der Waals surface area (Å²) >= 11 is 3.27. The van der Waals surface area contributed by atoms with Crippen LogP contribution < -0.4 is 0 Å². The van der Waals surface area contributed by atoms with Gasteiger partial charge in [-0.15, -0.1) is 0 Å². The Morgan fingerprint density at radius 3 is 2.50 bits per heavy atom. The van der Waals surface area contributed by atoms with Crippen LogP contribution in [-0.2, 0) is 10.0 Å². The molecule has 0 spiro atoms. The quantitative estimate of drug-likeness (QED) is 0.874. The van der Waals surface area contributed by atoms with Crippen molar-refractivity contribution in [3.63, 3.8) is 0 Å². The van der Waals surface area contributed by atoms with Crippen molar-refractivity contribution in [3.05, 3.63) is 27.7 Å². The van der Waals surface area contributed by atoms with Crippen molar-refractivity contribution in [2.45, 2.75) is 37.6 Å². The molecule has 0 aliphatic heterocycles. The molecule has 0 amide bonds. The van der Waals surface area contributed by atoms with Gasteiger partial charge in [-0.1, -0.05) is 6.92 Å². The average Bonchev–Trinajstić information content (AvgIpc) is 3.16. The number of sulfonamides is 1. The lowest BCUT2D eigenvalue weighted by molar-refractivity contribution is 0.0696. The van der Waals surface area contributed by atoms with Crippen LogP contribution >= 0.6 is 15.9 Å². The Morgan fingerprint density at radius 2 is 2.05 bits per heavy atom. The van der Waals surface area contributed by atoms with E-state index in [0.29, 0.717) is 16.6 Å². The molecule has 0 aromatic heterocycles. The predicted octanol–water partition coefficient (Wildman–Crippen LogP) is 2.63. The van der Waals surface area contributed by atoms with Crippen LogP contribution in [0.2, 0.25) is 0 Å². The second-order valence-corrected chi connectivity index (χ2v) is 7.50. The molecular formula is C13H16BrNO4S. The Kier molecular flexibility index (Phi) is 4.22. The van der Waals surface area contributed by atoms with Crippen molar-refractivity contribution in [1.82, 2.24) is 4.31 Å². The van der Waals surface area contributed by atoms with E-state index in [2.05, 4.69) is 15.9 Å². The molecule has 0 atom stereocenters. The minimum Gasteiger partial charge on any atom is -0.478 e. The summed E-state index contributed by atoms with van der Waals surface area (Å²) in [7, 11) is -3.67. The Balaban J connectivity index is 2.58. The van der Waals surface area contributed by atoms with Gasteiger partial charge in [0.1, 0.15) is 0 Å². The number of aromatic carboxylic acids is 1. The lowest BCUT2D eigenvalue weighted by Gasteiger charge is -2.21. The maximum Gasteiger partial charge on any atom is 0.335 e. The minimum atomic E-state index is -3.67. The topological polar surface area (TPSA) is 74.7 Å². The van der Waals surface area contributed by atoms with Gasteiger partial charge in [0.05, 0.1) is 10.5 Å². The van der Waals surface area contributed by atoms with Gasteiger partial charge in [0.25, 0.3) is 0 Å². The van der Waals surface area contributed by atoms with Gasteiger partial charge in [-0.2, -0.15) is 4.31 Å². The number of hydrogen-bond acceptors (Lipinski definition) is 3. The first-order valence-electron chi connectivity index (χ1n) is 6.34. The molecule has 0 unspecified atom stereocenters. The van der Waals surface area contributed by atoms with Crippen LogP contribution in [0.3, 0.4) is 0 Å². The van der Waals surface area contributed by atoms with E-state index in [9.17, 15) is 13.2 Å². The zero-order valence-corrected chi connectivity index (χ0v) is 13.7. The number of hydrogen-bond donors (Lipinski definition) is 1. The number of benzene rings is 1. The number of halogens is 1. The van der Waals surface area contributed by atoms with Crippen LogP contribution in [0.1, 0.15) is 35.7 Å². The molecule has 1 saturated carbocycles. The van der Waals surface area contributed by atoms with Crippen molar-refractivity contribution in [3.8, 4) is 0 Å². The molecule has 1 aromatic rings. The SMILES string of the molecule is CCN(C1CC1)S(=O)(=O)c1cc(C(=O)O)cc(C)c1Br. The molecule has 2 rings (SSSR count). The fourth-order valence-electron chi connectivity index (χ4n) is 2.16. The lowest BCUT2D eigenvalue weighted by atomic mass is 10.1. The smallest absolute Gasteiger partial charge is 0.335 e. The summed E-state index contributed by atoms with van der Waals surface area (Å²) in [5.74, 6) is -1.13. The second-order valence-electron chi connectivity index (χ2n) is 4.85. The highest BCUT2D eigenvalue weighted by molar-refractivity contribution is 9.10. The van der Waals surface area contributed by atoms with Gasteiger partial charge in [-0.25, -0.2) is 13.2 Å². The Morgan fingerprint density at radius 1 is 1.45 bits per heavy atom. The number of carbonyl (C=O) groups is 1. The monoisotopic (exact) mass is 361 g/mol. The molecule has 1 aliphatic rings. The van der Waals surface area contributed by atoms with E-state index in [1.165, 1.54) is 16.4 Å². The summed E-state index contributed by atoms with van der Waals surface area (Å²) in [6.07, 6.45) is 1.73. The van der Waals surface area contributed by atoms with Crippen LogP contribution in [0.15, 0.2) is 21.5 Å². The molecule has 110 valence electrons. The maximum absolute atomic E-state index is 12.7. The molecule has 7 heteroatoms. The van der Waals surface area contributed by atoms with Crippen molar-refractivity contribution in [2.75, 3.05) is 6.54 Å². The van der Waals surface area contributed by atoms with Gasteiger partial charge in [0, 0.05) is 17.1 Å². The minimum absolute atomic E-state index is 0.0175. The summed E-state index contributed by atoms with van der Waals surface area (Å²) in [5.41, 5.74) is 0.575. The fourth-order valence-corrected chi connectivity index (χ4v) is 4.86. The first-order valence-corrected chi connectivity index (χ1v) is 8.57. The summed E-state index contributed by atoms with van der Waals surface area (Å²) in [6.45, 7) is 3.86. The third-order valence-electron chi connectivity index (χ3n) is 3.32. The van der Waals surface area contributed by atoms with Crippen LogP contribution in [0.25, 0.3) is 0 Å². The van der Waals surface area contributed by atoms with E-state index in [1.54, 1.807) is 13.8 Å². The van der Waals surface area contributed by atoms with E-state index in [1.807, 2.05) is 0 Å². The van der Waals surface area contributed by atoms with E-state index in [0.717, 1.165) is 12.8 Å². The van der Waals surface area contributed by atoms with Gasteiger partial charge >= 0.3 is 5.97 Å². The average molecular weight is 362 g/mol. The predicted molar refractivity (Wildman–Crippen MR) is 78.4 cm³/mol. The highest BCUT2D eigenvalue weighted by atomic mass is 79.9. The van der Waals surface area contributed by atoms with Crippen LogP contribution in [-0.4, -0.2) is 36.4 Å². The number of carboxylic acids is 1. The van der Waals surface area contributed by atoms with Gasteiger partial charge < -0.3 is 5.11 Å². The van der Waals surface area contributed by atoms with E-state index in [-0.39, 0.29) is 16.5 Å². The van der Waals surface area contributed by atoms with Crippen LogP contribution in [0.4, 0.5) is 0 Å². The van der Waals surface area contributed by atoms with Crippen LogP contribution in [0.5, 0.6) is 0 Å². The third kappa shape index (κ3) is 2.75. The third-order valence-corrected chi connectivity index (χ3v) is 6.69. The molecule has 0 heterocycles. The number of carboxylic acid groups (broad SMARTS) is 1. The largest absolute Gasteiger partial charge is 0.478 e. The van der Waals surface area contributed by atoms with Gasteiger partial charge in [-0.3, -0.25) is 0 Å². The molecule has 0 radical (unpaired) electrons. The maximum atomic E-state index is 12.7. The highest BCUT2D eigenvalue weighted by Gasteiger charge is 2.38. The van der Waals surface area contributed by atoms with E-state index >= 15 is 0 Å². The molecular weight excluding hydrogens is 346 g/mol. The Bertz CT molecular complexity index is 653. The molecule has 1 fully saturated rings. The fraction of sp³-hybridized carbons (Fsp3) is 0.462. The standard InChI is InChI=1S/C13H16BrNO4S/c1-3-15(10-4-5-10)20(18,19)11-7-9(13(16)17)6-8(2)12(11)14/h6-7,10H,3-5H2,1-2H3,(H,16,17). The van der Waals surface area contributed by atoms with Crippen LogP contribution in [0, 0.1) is 6.92 Å². The van der Waals surface area contributed by atoms with E-state index < -0.39 is 16.0 Å². The summed E-state index contributed by atoms with van der Waals surface area (Å²) < 4.78 is 27.3. The molecule has 20 heavy (non-hydrogen) atoms. The summed E-state index contributed by atoms with van der Waals surface area (Å²) in [4.78, 5) is 11.1. The molecule has 0 saturated heterocycles. The van der Waals surface area contributed by atoms with Crippen molar-refractivity contribution >= 4 is 31.9 Å². The van der Waals surface area contributed by atoms with Gasteiger partial charge in [0.2, 0.25) is 10.0 Å². The summed E-state index contributed by atoms with van der Waals surface area (Å²) in [5, 5.41) is 9.08. The molecule has 1 aromatic carbocycles. The normalized spacial score (nSPS) is 15.6. The first kappa shape index (κ1) is 15.5. The van der Waals surface area contributed by atoms with Crippen molar-refractivity contribution < 1.29 is 18.3 Å². The molecule has 1 N–H and O–H groups in total. The Labute approximate surface area is 126 Å². The number of aryl methyl sites for hydroxylation is 1. The Hall–Kier alpha value is -0.920. The molecule has 1 aliphatic carbocycles. The second kappa shape index (κ2) is 5.46. The molecule has 0 bridgehead atoms. The van der Waals surface area contributed by atoms with Gasteiger partial charge in [0.15, 0.2) is 0 Å². The molecule has 5 nitrogen and oxygen atoms in total. The van der Waals surface area contributed by atoms with Gasteiger partial charge in [-0.05, 0) is 53.4 Å². The number of rotatable bonds is 5. The zero-order valence-electron chi connectivity index (χ0n) is 11.3. The number of nitrogens with zero attached hydrogens (tertiary/aromatic N) is 1. The zero-order chi connectivity index (χ0) is 15.1. The first-order chi connectivity index (χ1) is 9.28. The van der Waals surface area contributed by atoms with Crippen molar-refractivity contribution in [1.29, 1.82) is 0 Å². The lowest BCUT2D eigenvalue weighted by Crippen LogP contribution is -2.33. The highest BCUT2D eigenvalue weighted by Crippen LogP contribution is 2.35.